The van der Waals surface area contributed by atoms with Crippen LogP contribution in [0.2, 0.25) is 0 Å². The summed E-state index contributed by atoms with van der Waals surface area (Å²) in [5.74, 6) is 0.0758. The molecule has 1 aromatic carbocycles. The topological polar surface area (TPSA) is 46.2 Å². The number of hydrogen-bond donors (Lipinski definition) is 1. The number of hydrogen-bond acceptors (Lipinski definition) is 2. The van der Waals surface area contributed by atoms with Crippen molar-refractivity contribution in [2.45, 2.75) is 103 Å². The lowest BCUT2D eigenvalue weighted by Gasteiger charge is -2.07. The van der Waals surface area contributed by atoms with Gasteiger partial charge in [-0.1, -0.05) is 121 Å². The molecule has 0 aliphatic rings. The second kappa shape index (κ2) is 16.1. The van der Waals surface area contributed by atoms with Crippen molar-refractivity contribution in [1.82, 2.24) is 4.72 Å². The molecule has 0 spiro atoms. The van der Waals surface area contributed by atoms with E-state index in [1.165, 1.54) is 77.0 Å². The van der Waals surface area contributed by atoms with E-state index < -0.39 is 10.0 Å². The zero-order valence-corrected chi connectivity index (χ0v) is 18.2. The first-order chi connectivity index (χ1) is 13.1. The van der Waals surface area contributed by atoms with Crippen molar-refractivity contribution in [3.05, 3.63) is 35.9 Å². The maximum atomic E-state index is 12.0. The summed E-state index contributed by atoms with van der Waals surface area (Å²) >= 11 is 0. The standard InChI is InChI=1S/C23H41NO2S/c1-2-3-4-5-6-7-8-9-10-11-12-13-14-18-21-24-27(25,26)22-23-19-16-15-17-20-23/h15-17,19-20,24H,2-14,18,21-22H2,1H3. The fraction of sp³-hybridized carbons (Fsp3) is 0.739. The lowest BCUT2D eigenvalue weighted by atomic mass is 10.0. The molecule has 0 amide bonds. The molecule has 0 aliphatic carbocycles. The Kier molecular flexibility index (Phi) is 14.4. The normalized spacial score (nSPS) is 11.7. The van der Waals surface area contributed by atoms with Gasteiger partial charge in [-0.05, 0) is 12.0 Å². The summed E-state index contributed by atoms with van der Waals surface area (Å²) in [5.41, 5.74) is 0.839. The van der Waals surface area contributed by atoms with E-state index in [1.807, 2.05) is 30.3 Å². The summed E-state index contributed by atoms with van der Waals surface area (Å²) in [4.78, 5) is 0. The zero-order chi connectivity index (χ0) is 19.6. The Morgan fingerprint density at radius 1 is 0.667 bits per heavy atom. The fourth-order valence-electron chi connectivity index (χ4n) is 3.39. The van der Waals surface area contributed by atoms with Crippen molar-refractivity contribution in [3.63, 3.8) is 0 Å². The summed E-state index contributed by atoms with van der Waals surface area (Å²) in [6.07, 6.45) is 18.4. The summed E-state index contributed by atoms with van der Waals surface area (Å²) in [6.45, 7) is 2.83. The minimum atomic E-state index is -3.20. The molecule has 3 nitrogen and oxygen atoms in total. The molecule has 0 saturated heterocycles. The lowest BCUT2D eigenvalue weighted by molar-refractivity contribution is 0.533. The van der Waals surface area contributed by atoms with Crippen LogP contribution in [-0.4, -0.2) is 15.0 Å². The van der Waals surface area contributed by atoms with E-state index in [9.17, 15) is 8.42 Å². The van der Waals surface area contributed by atoms with Crippen LogP contribution < -0.4 is 4.72 Å². The van der Waals surface area contributed by atoms with Crippen LogP contribution in [0, 0.1) is 0 Å². The third-order valence-corrected chi connectivity index (χ3v) is 6.41. The quantitative estimate of drug-likeness (QED) is 0.285. The summed E-state index contributed by atoms with van der Waals surface area (Å²) in [7, 11) is -3.20. The van der Waals surface area contributed by atoms with E-state index in [0.717, 1.165) is 18.4 Å². The Balaban J connectivity index is 1.86. The minimum absolute atomic E-state index is 0.0758. The van der Waals surface area contributed by atoms with Gasteiger partial charge in [0.25, 0.3) is 0 Å². The van der Waals surface area contributed by atoms with Gasteiger partial charge in [-0.15, -0.1) is 0 Å². The number of sulfonamides is 1. The predicted molar refractivity (Wildman–Crippen MR) is 117 cm³/mol. The Labute approximate surface area is 168 Å². The molecule has 0 aliphatic heterocycles. The van der Waals surface area contributed by atoms with E-state index >= 15 is 0 Å². The monoisotopic (exact) mass is 395 g/mol. The van der Waals surface area contributed by atoms with Crippen LogP contribution in [0.5, 0.6) is 0 Å². The van der Waals surface area contributed by atoms with Crippen LogP contribution >= 0.6 is 0 Å². The van der Waals surface area contributed by atoms with E-state index in [-0.39, 0.29) is 5.75 Å². The highest BCUT2D eigenvalue weighted by Gasteiger charge is 2.10. The van der Waals surface area contributed by atoms with E-state index in [1.54, 1.807) is 0 Å². The van der Waals surface area contributed by atoms with E-state index in [2.05, 4.69) is 11.6 Å². The van der Waals surface area contributed by atoms with E-state index in [4.69, 9.17) is 0 Å². The van der Waals surface area contributed by atoms with Crippen molar-refractivity contribution in [2.24, 2.45) is 0 Å². The van der Waals surface area contributed by atoms with Gasteiger partial charge in [-0.25, -0.2) is 13.1 Å². The van der Waals surface area contributed by atoms with Crippen molar-refractivity contribution in [1.29, 1.82) is 0 Å². The third-order valence-electron chi connectivity index (χ3n) is 5.05. The van der Waals surface area contributed by atoms with Crippen molar-refractivity contribution >= 4 is 10.0 Å². The van der Waals surface area contributed by atoms with Gasteiger partial charge in [0.1, 0.15) is 0 Å². The second-order valence-electron chi connectivity index (χ2n) is 7.74. The Morgan fingerprint density at radius 3 is 1.59 bits per heavy atom. The molecular formula is C23H41NO2S. The predicted octanol–water partition coefficient (Wildman–Crippen LogP) is 6.59. The molecule has 0 fully saturated rings. The molecule has 0 bridgehead atoms. The van der Waals surface area contributed by atoms with Gasteiger partial charge in [-0.3, -0.25) is 0 Å². The molecule has 4 heteroatoms. The van der Waals surface area contributed by atoms with Gasteiger partial charge < -0.3 is 0 Å². The van der Waals surface area contributed by atoms with Gasteiger partial charge in [-0.2, -0.15) is 0 Å². The highest BCUT2D eigenvalue weighted by Crippen LogP contribution is 2.13. The van der Waals surface area contributed by atoms with Crippen molar-refractivity contribution in [3.8, 4) is 0 Å². The van der Waals surface area contributed by atoms with Gasteiger partial charge in [0.15, 0.2) is 0 Å². The van der Waals surface area contributed by atoms with E-state index in [0.29, 0.717) is 6.54 Å². The molecule has 0 aromatic heterocycles. The Morgan fingerprint density at radius 2 is 1.11 bits per heavy atom. The van der Waals surface area contributed by atoms with Gasteiger partial charge in [0.2, 0.25) is 10.0 Å². The molecule has 0 unspecified atom stereocenters. The van der Waals surface area contributed by atoms with Crippen LogP contribution in [0.3, 0.4) is 0 Å². The molecule has 0 saturated carbocycles. The number of benzene rings is 1. The van der Waals surface area contributed by atoms with Crippen molar-refractivity contribution in [2.75, 3.05) is 6.54 Å². The molecule has 0 heterocycles. The Bertz CT molecular complexity index is 543. The number of rotatable bonds is 18. The molecule has 27 heavy (non-hydrogen) atoms. The first-order valence-corrected chi connectivity index (χ1v) is 12.8. The summed E-state index contributed by atoms with van der Waals surface area (Å²) in [5, 5.41) is 0. The highest BCUT2D eigenvalue weighted by molar-refractivity contribution is 7.88. The average Bonchev–Trinajstić information content (AvgIpc) is 2.65. The second-order valence-corrected chi connectivity index (χ2v) is 9.54. The lowest BCUT2D eigenvalue weighted by Crippen LogP contribution is -2.26. The zero-order valence-electron chi connectivity index (χ0n) is 17.4. The largest absolute Gasteiger partial charge is 0.215 e. The maximum Gasteiger partial charge on any atom is 0.215 e. The van der Waals surface area contributed by atoms with Gasteiger partial charge in [0, 0.05) is 6.54 Å². The number of unbranched alkanes of at least 4 members (excludes halogenated alkanes) is 13. The third kappa shape index (κ3) is 14.8. The van der Waals surface area contributed by atoms with Gasteiger partial charge >= 0.3 is 0 Å². The SMILES string of the molecule is CCCCCCCCCCCCCCCCNS(=O)(=O)Cc1ccccc1. The fourth-order valence-corrected chi connectivity index (χ4v) is 4.58. The summed E-state index contributed by atoms with van der Waals surface area (Å²) in [6, 6.07) is 9.35. The molecular weight excluding hydrogens is 354 g/mol. The molecule has 0 radical (unpaired) electrons. The van der Waals surface area contributed by atoms with Gasteiger partial charge in [0.05, 0.1) is 5.75 Å². The molecule has 1 rings (SSSR count). The Hall–Kier alpha value is -0.870. The van der Waals surface area contributed by atoms with Crippen LogP contribution in [0.25, 0.3) is 0 Å². The highest BCUT2D eigenvalue weighted by atomic mass is 32.2. The molecule has 1 N–H and O–H groups in total. The first-order valence-electron chi connectivity index (χ1n) is 11.2. The minimum Gasteiger partial charge on any atom is -0.215 e. The van der Waals surface area contributed by atoms with Crippen LogP contribution in [0.4, 0.5) is 0 Å². The molecule has 0 atom stereocenters. The maximum absolute atomic E-state index is 12.0. The van der Waals surface area contributed by atoms with Crippen LogP contribution in [-0.2, 0) is 15.8 Å². The van der Waals surface area contributed by atoms with Crippen molar-refractivity contribution < 1.29 is 8.42 Å². The summed E-state index contributed by atoms with van der Waals surface area (Å²) < 4.78 is 26.8. The van der Waals surface area contributed by atoms with Crippen LogP contribution in [0.15, 0.2) is 30.3 Å². The van der Waals surface area contributed by atoms with Crippen LogP contribution in [0.1, 0.15) is 102 Å². The molecule has 156 valence electrons. The first kappa shape index (κ1) is 24.2. The number of nitrogens with one attached hydrogen (secondary N) is 1. The smallest absolute Gasteiger partial charge is 0.215 e. The molecule has 1 aromatic rings. The average molecular weight is 396 g/mol.